The molecule has 3 rings (SSSR count). The summed E-state index contributed by atoms with van der Waals surface area (Å²) in [5.74, 6) is 0. The second kappa shape index (κ2) is 10.3. The van der Waals surface area contributed by atoms with Crippen LogP contribution in [0.3, 0.4) is 0 Å². The molecule has 0 N–H and O–H groups in total. The zero-order chi connectivity index (χ0) is 25.1. The van der Waals surface area contributed by atoms with E-state index in [9.17, 15) is 26.4 Å². The minimum absolute atomic E-state index is 0.0318. The van der Waals surface area contributed by atoms with Crippen LogP contribution in [0.25, 0.3) is 0 Å². The van der Waals surface area contributed by atoms with Crippen LogP contribution in [-0.2, 0) is 30.8 Å². The standard InChI is InChI=1S/C24H24AsF3N2O3S/c1-17-10-18(2)12-20(11-17)13-25(34(3,32)33)21-5-7-22(8-6-21)30(16-31)15-19-4-9-23(29-14-19)24(26,27)28/h4-12,14,16H,13,15H2,1-3H3. The van der Waals surface area contributed by atoms with E-state index in [4.69, 9.17) is 0 Å². The van der Waals surface area contributed by atoms with E-state index in [-0.39, 0.29) is 6.54 Å². The summed E-state index contributed by atoms with van der Waals surface area (Å²) in [6.07, 6.45) is -1.60. The number of hydrogen-bond donors (Lipinski definition) is 0. The SMILES string of the molecule is Cc1cc(C)cc(C[As](c2ccc(N(C=O)Cc3ccc(C(F)(F)F)nc3)cc2)S(C)(=O)=O)c1. The quantitative estimate of drug-likeness (QED) is 0.314. The molecule has 1 amide bonds. The molecule has 0 fully saturated rings. The summed E-state index contributed by atoms with van der Waals surface area (Å²) < 4.78 is 64.1. The van der Waals surface area contributed by atoms with Gasteiger partial charge in [-0.2, -0.15) is 0 Å². The summed E-state index contributed by atoms with van der Waals surface area (Å²) >= 11 is -2.54. The number of pyridine rings is 1. The average molecular weight is 552 g/mol. The number of nitrogens with zero attached hydrogens (tertiary/aromatic N) is 2. The summed E-state index contributed by atoms with van der Waals surface area (Å²) in [4.78, 5) is 16.4. The topological polar surface area (TPSA) is 67.3 Å². The summed E-state index contributed by atoms with van der Waals surface area (Å²) in [5, 5.41) is 0.461. The van der Waals surface area contributed by atoms with Crippen molar-refractivity contribution in [2.45, 2.75) is 31.8 Å². The van der Waals surface area contributed by atoms with Gasteiger partial charge < -0.3 is 0 Å². The number of carbonyl (C=O) groups excluding carboxylic acids is 1. The molecule has 0 spiro atoms. The van der Waals surface area contributed by atoms with Gasteiger partial charge in [-0.1, -0.05) is 0 Å². The van der Waals surface area contributed by atoms with Crippen LogP contribution in [0.1, 0.15) is 27.9 Å². The fraction of sp³-hybridized carbons (Fsp3) is 0.250. The van der Waals surface area contributed by atoms with Crippen molar-refractivity contribution in [2.24, 2.45) is 0 Å². The Bertz CT molecular complexity index is 1240. The molecule has 1 atom stereocenters. The van der Waals surface area contributed by atoms with Gasteiger partial charge in [-0.25, -0.2) is 0 Å². The van der Waals surface area contributed by atoms with Crippen LogP contribution in [0.5, 0.6) is 0 Å². The number of aromatic nitrogens is 1. The molecule has 34 heavy (non-hydrogen) atoms. The summed E-state index contributed by atoms with van der Waals surface area (Å²) in [6.45, 7) is 3.98. The molecule has 0 radical (unpaired) electrons. The monoisotopic (exact) mass is 552 g/mol. The molecule has 0 aliphatic heterocycles. The van der Waals surface area contributed by atoms with Crippen LogP contribution in [0.15, 0.2) is 60.8 Å². The first-order valence-electron chi connectivity index (χ1n) is 10.3. The fourth-order valence-electron chi connectivity index (χ4n) is 3.61. The van der Waals surface area contributed by atoms with E-state index in [1.807, 2.05) is 32.0 Å². The predicted molar refractivity (Wildman–Crippen MR) is 128 cm³/mol. The summed E-state index contributed by atoms with van der Waals surface area (Å²) in [6, 6.07) is 15.0. The van der Waals surface area contributed by atoms with E-state index in [2.05, 4.69) is 4.98 Å². The van der Waals surface area contributed by atoms with Crippen molar-refractivity contribution in [2.75, 3.05) is 11.2 Å². The van der Waals surface area contributed by atoms with Gasteiger partial charge in [0, 0.05) is 0 Å². The Kier molecular flexibility index (Phi) is 7.88. The summed E-state index contributed by atoms with van der Waals surface area (Å²) in [7, 11) is -3.28. The van der Waals surface area contributed by atoms with Crippen molar-refractivity contribution in [1.29, 1.82) is 0 Å². The van der Waals surface area contributed by atoms with Gasteiger partial charge in [-0.3, -0.25) is 0 Å². The zero-order valence-electron chi connectivity index (χ0n) is 18.9. The molecule has 10 heteroatoms. The van der Waals surface area contributed by atoms with Gasteiger partial charge in [0.1, 0.15) is 0 Å². The van der Waals surface area contributed by atoms with Gasteiger partial charge in [-0.05, 0) is 0 Å². The molecule has 0 saturated carbocycles. The Morgan fingerprint density at radius 1 is 0.971 bits per heavy atom. The van der Waals surface area contributed by atoms with Crippen LogP contribution in [0, 0.1) is 13.8 Å². The summed E-state index contributed by atoms with van der Waals surface area (Å²) in [5.41, 5.74) is 3.07. The van der Waals surface area contributed by atoms with Gasteiger partial charge >= 0.3 is 201 Å². The first kappa shape index (κ1) is 26.0. The number of anilines is 1. The van der Waals surface area contributed by atoms with Gasteiger partial charge in [-0.15, -0.1) is 0 Å². The van der Waals surface area contributed by atoms with Crippen LogP contribution in [0.2, 0.25) is 0 Å². The van der Waals surface area contributed by atoms with E-state index in [1.165, 1.54) is 17.2 Å². The van der Waals surface area contributed by atoms with E-state index in [0.29, 0.717) is 22.9 Å². The number of benzene rings is 2. The Morgan fingerprint density at radius 3 is 2.06 bits per heavy atom. The third-order valence-electron chi connectivity index (χ3n) is 5.07. The molecule has 0 saturated heterocycles. The van der Waals surface area contributed by atoms with Crippen LogP contribution in [-0.4, -0.2) is 39.6 Å². The fourth-order valence-corrected chi connectivity index (χ4v) is 12.0. The van der Waals surface area contributed by atoms with Crippen molar-refractivity contribution in [1.82, 2.24) is 4.98 Å². The number of alkyl halides is 3. The van der Waals surface area contributed by atoms with Gasteiger partial charge in [0.2, 0.25) is 0 Å². The molecular weight excluding hydrogens is 528 g/mol. The van der Waals surface area contributed by atoms with E-state index in [0.717, 1.165) is 33.3 Å². The number of hydrogen-bond acceptors (Lipinski definition) is 4. The van der Waals surface area contributed by atoms with E-state index in [1.54, 1.807) is 24.3 Å². The molecule has 0 aliphatic carbocycles. The molecule has 180 valence electrons. The van der Waals surface area contributed by atoms with Crippen LogP contribution >= 0.6 is 0 Å². The van der Waals surface area contributed by atoms with Crippen molar-refractivity contribution in [3.63, 3.8) is 0 Å². The minimum atomic E-state index is -4.53. The Labute approximate surface area is 200 Å². The third kappa shape index (κ3) is 6.70. The van der Waals surface area contributed by atoms with Crippen molar-refractivity contribution in [3.8, 4) is 0 Å². The van der Waals surface area contributed by atoms with Crippen molar-refractivity contribution in [3.05, 3.63) is 88.7 Å². The molecule has 1 aromatic heterocycles. The third-order valence-corrected chi connectivity index (χ3v) is 15.9. The molecule has 3 aromatic rings. The van der Waals surface area contributed by atoms with Crippen LogP contribution in [0.4, 0.5) is 18.9 Å². The van der Waals surface area contributed by atoms with Gasteiger partial charge in [0.05, 0.1) is 0 Å². The normalized spacial score (nSPS) is 12.9. The zero-order valence-corrected chi connectivity index (χ0v) is 21.6. The van der Waals surface area contributed by atoms with Gasteiger partial charge in [0.15, 0.2) is 0 Å². The van der Waals surface area contributed by atoms with Gasteiger partial charge in [0.25, 0.3) is 0 Å². The predicted octanol–water partition coefficient (Wildman–Crippen LogP) is 3.91. The number of halogens is 3. The average Bonchev–Trinajstić information content (AvgIpc) is 2.74. The first-order chi connectivity index (χ1) is 15.9. The maximum atomic E-state index is 12.7. The second-order valence-corrected chi connectivity index (χ2v) is 19.3. The molecular formula is C24H24AsF3N2O3S. The molecule has 2 aromatic carbocycles. The number of amides is 1. The molecule has 5 nitrogen and oxygen atoms in total. The van der Waals surface area contributed by atoms with E-state index < -0.39 is 33.5 Å². The molecule has 0 bridgehead atoms. The number of aryl methyl sites for hydroxylation is 2. The van der Waals surface area contributed by atoms with Crippen LogP contribution < -0.4 is 9.25 Å². The van der Waals surface area contributed by atoms with Crippen molar-refractivity contribution < 1.29 is 26.4 Å². The Morgan fingerprint density at radius 2 is 1.59 bits per heavy atom. The molecule has 1 unspecified atom stereocenters. The Hall–Kier alpha value is -2.64. The Balaban J connectivity index is 1.82. The number of carbonyl (C=O) groups is 1. The first-order valence-corrected chi connectivity index (χ1v) is 16.7. The second-order valence-electron chi connectivity index (χ2n) is 8.06. The maximum absolute atomic E-state index is 12.7. The van der Waals surface area contributed by atoms with E-state index >= 15 is 0 Å². The molecule has 1 heterocycles. The van der Waals surface area contributed by atoms with Crippen molar-refractivity contribution >= 4 is 38.0 Å². The molecule has 0 aliphatic rings. The number of rotatable bonds is 8.